The Morgan fingerprint density at radius 3 is 2.62 bits per heavy atom. The number of hydrogen-bond acceptors (Lipinski definition) is 5. The summed E-state index contributed by atoms with van der Waals surface area (Å²) in [5.74, 6) is 2.59. The van der Waals surface area contributed by atoms with Crippen LogP contribution in [0.4, 0.5) is 0 Å². The fraction of sp³-hybridized carbons (Fsp3) is 0.500. The van der Waals surface area contributed by atoms with Gasteiger partial charge in [0, 0.05) is 59.9 Å². The van der Waals surface area contributed by atoms with Crippen LogP contribution in [0.1, 0.15) is 15.8 Å². The minimum Gasteiger partial charge on any atom is -0.308 e. The van der Waals surface area contributed by atoms with Gasteiger partial charge in [-0.1, -0.05) is 12.1 Å². The topological polar surface area (TPSA) is 15.3 Å². The van der Waals surface area contributed by atoms with E-state index in [0.717, 1.165) is 13.0 Å². The Morgan fingerprint density at radius 1 is 1.10 bits per heavy atom. The van der Waals surface area contributed by atoms with Crippen LogP contribution < -0.4 is 5.32 Å². The molecule has 0 amide bonds. The van der Waals surface area contributed by atoms with E-state index in [0.29, 0.717) is 6.04 Å². The first-order valence-corrected chi connectivity index (χ1v) is 10.4. The zero-order chi connectivity index (χ0) is 14.3. The molecule has 21 heavy (non-hydrogen) atoms. The normalized spacial score (nSPS) is 17.9. The average molecular weight is 339 g/mol. The Bertz CT molecular complexity index is 490. The van der Waals surface area contributed by atoms with Crippen molar-refractivity contribution in [1.82, 2.24) is 10.2 Å². The molecule has 2 aromatic heterocycles. The molecule has 2 nitrogen and oxygen atoms in total. The molecule has 114 valence electrons. The second-order valence-electron chi connectivity index (χ2n) is 5.26. The molecule has 2 aromatic rings. The van der Waals surface area contributed by atoms with Gasteiger partial charge in [-0.2, -0.15) is 11.8 Å². The van der Waals surface area contributed by atoms with Gasteiger partial charge in [0.15, 0.2) is 0 Å². The maximum Gasteiger partial charge on any atom is 0.0464 e. The fourth-order valence-corrected chi connectivity index (χ4v) is 5.15. The monoisotopic (exact) mass is 338 g/mol. The van der Waals surface area contributed by atoms with Crippen molar-refractivity contribution in [3.8, 4) is 0 Å². The smallest absolute Gasteiger partial charge is 0.0464 e. The van der Waals surface area contributed by atoms with Crippen LogP contribution in [-0.2, 0) is 6.42 Å². The van der Waals surface area contributed by atoms with E-state index in [-0.39, 0.29) is 0 Å². The third-order valence-corrected chi connectivity index (χ3v) is 6.62. The summed E-state index contributed by atoms with van der Waals surface area (Å²) in [5, 5.41) is 8.13. The maximum absolute atomic E-state index is 3.78. The summed E-state index contributed by atoms with van der Waals surface area (Å²) in [7, 11) is 0. The van der Waals surface area contributed by atoms with Gasteiger partial charge in [0.25, 0.3) is 0 Å². The van der Waals surface area contributed by atoms with E-state index >= 15 is 0 Å². The van der Waals surface area contributed by atoms with E-state index in [9.17, 15) is 0 Å². The Kier molecular flexibility index (Phi) is 6.18. The Balaban J connectivity index is 1.52. The highest BCUT2D eigenvalue weighted by atomic mass is 32.2. The van der Waals surface area contributed by atoms with E-state index in [4.69, 9.17) is 0 Å². The molecule has 1 N–H and O–H groups in total. The van der Waals surface area contributed by atoms with E-state index in [1.54, 1.807) is 0 Å². The lowest BCUT2D eigenvalue weighted by molar-refractivity contribution is 0.295. The molecule has 3 heterocycles. The Morgan fingerprint density at radius 2 is 1.90 bits per heavy atom. The van der Waals surface area contributed by atoms with E-state index in [1.165, 1.54) is 40.9 Å². The average Bonchev–Trinajstić information content (AvgIpc) is 3.21. The predicted molar refractivity (Wildman–Crippen MR) is 96.9 cm³/mol. The van der Waals surface area contributed by atoms with Gasteiger partial charge in [0.2, 0.25) is 0 Å². The highest BCUT2D eigenvalue weighted by Crippen LogP contribution is 2.24. The van der Waals surface area contributed by atoms with Gasteiger partial charge in [-0.3, -0.25) is 0 Å². The van der Waals surface area contributed by atoms with E-state index < -0.39 is 0 Å². The molecule has 3 rings (SSSR count). The third kappa shape index (κ3) is 4.83. The van der Waals surface area contributed by atoms with Crippen molar-refractivity contribution in [3.63, 3.8) is 0 Å². The number of thioether (sulfide) groups is 1. The SMILES string of the molecule is c1csc(CC(NCCN2CCSCC2)c2cccs2)c1. The minimum atomic E-state index is 0.461. The number of nitrogens with zero attached hydrogens (tertiary/aromatic N) is 1. The van der Waals surface area contributed by atoms with Crippen LogP contribution in [0.25, 0.3) is 0 Å². The molecule has 1 aliphatic heterocycles. The molecule has 0 bridgehead atoms. The molecule has 1 fully saturated rings. The van der Waals surface area contributed by atoms with Crippen molar-refractivity contribution in [3.05, 3.63) is 44.8 Å². The lowest BCUT2D eigenvalue weighted by Crippen LogP contribution is -2.38. The molecule has 1 saturated heterocycles. The second-order valence-corrected chi connectivity index (χ2v) is 8.50. The summed E-state index contributed by atoms with van der Waals surface area (Å²) in [6.45, 7) is 4.76. The number of thiophene rings is 2. The van der Waals surface area contributed by atoms with Gasteiger partial charge < -0.3 is 10.2 Å². The van der Waals surface area contributed by atoms with Crippen molar-refractivity contribution in [2.45, 2.75) is 12.5 Å². The van der Waals surface area contributed by atoms with E-state index in [1.807, 2.05) is 22.7 Å². The van der Waals surface area contributed by atoms with Gasteiger partial charge in [0.1, 0.15) is 0 Å². The molecule has 1 unspecified atom stereocenters. The first-order chi connectivity index (χ1) is 10.4. The van der Waals surface area contributed by atoms with Crippen molar-refractivity contribution in [2.24, 2.45) is 0 Å². The van der Waals surface area contributed by atoms with Crippen molar-refractivity contribution in [2.75, 3.05) is 37.7 Å². The summed E-state index contributed by atoms with van der Waals surface area (Å²) in [5.41, 5.74) is 0. The molecule has 0 radical (unpaired) electrons. The highest BCUT2D eigenvalue weighted by Gasteiger charge is 2.15. The van der Waals surface area contributed by atoms with Crippen LogP contribution in [0, 0.1) is 0 Å². The summed E-state index contributed by atoms with van der Waals surface area (Å²) in [6.07, 6.45) is 1.11. The van der Waals surface area contributed by atoms with Crippen LogP contribution in [-0.4, -0.2) is 42.6 Å². The quantitative estimate of drug-likeness (QED) is 0.828. The highest BCUT2D eigenvalue weighted by molar-refractivity contribution is 7.99. The van der Waals surface area contributed by atoms with Crippen LogP contribution in [0.3, 0.4) is 0 Å². The van der Waals surface area contributed by atoms with Crippen molar-refractivity contribution in [1.29, 1.82) is 0 Å². The zero-order valence-electron chi connectivity index (χ0n) is 12.2. The minimum absolute atomic E-state index is 0.461. The number of hydrogen-bond donors (Lipinski definition) is 1. The fourth-order valence-electron chi connectivity index (χ4n) is 2.61. The Labute approximate surface area is 139 Å². The summed E-state index contributed by atoms with van der Waals surface area (Å²) in [4.78, 5) is 5.51. The molecule has 1 aliphatic rings. The molecule has 0 saturated carbocycles. The maximum atomic E-state index is 3.78. The Hall–Kier alpha value is -0.330. The van der Waals surface area contributed by atoms with Gasteiger partial charge in [0.05, 0.1) is 0 Å². The predicted octanol–water partition coefficient (Wildman–Crippen LogP) is 3.73. The van der Waals surface area contributed by atoms with Crippen molar-refractivity contribution < 1.29 is 0 Å². The third-order valence-electron chi connectivity index (χ3n) is 3.79. The summed E-state index contributed by atoms with van der Waals surface area (Å²) >= 11 is 5.81. The van der Waals surface area contributed by atoms with Gasteiger partial charge in [-0.25, -0.2) is 0 Å². The number of nitrogens with one attached hydrogen (secondary N) is 1. The van der Waals surface area contributed by atoms with Gasteiger partial charge >= 0.3 is 0 Å². The lowest BCUT2D eigenvalue weighted by atomic mass is 10.1. The van der Waals surface area contributed by atoms with Gasteiger partial charge in [-0.05, 0) is 22.9 Å². The first-order valence-electron chi connectivity index (χ1n) is 7.51. The van der Waals surface area contributed by atoms with Crippen molar-refractivity contribution >= 4 is 34.4 Å². The molecule has 1 atom stereocenters. The molecular weight excluding hydrogens is 316 g/mol. The second kappa shape index (κ2) is 8.34. The summed E-state index contributed by atoms with van der Waals surface area (Å²) < 4.78 is 0. The van der Waals surface area contributed by atoms with Crippen LogP contribution in [0.15, 0.2) is 35.0 Å². The van der Waals surface area contributed by atoms with Crippen LogP contribution in [0.2, 0.25) is 0 Å². The zero-order valence-corrected chi connectivity index (χ0v) is 14.6. The molecular formula is C16H22N2S3. The molecule has 5 heteroatoms. The van der Waals surface area contributed by atoms with Crippen LogP contribution in [0.5, 0.6) is 0 Å². The lowest BCUT2D eigenvalue weighted by Gasteiger charge is -2.27. The largest absolute Gasteiger partial charge is 0.308 e. The first kappa shape index (κ1) is 15.6. The summed E-state index contributed by atoms with van der Waals surface area (Å²) in [6, 6.07) is 9.27. The van der Waals surface area contributed by atoms with E-state index in [2.05, 4.69) is 57.0 Å². The standard InChI is InChI=1S/C16H22N2S3/c1-3-14(20-9-1)13-15(16-4-2-10-21-16)17-5-6-18-7-11-19-12-8-18/h1-4,9-10,15,17H,5-8,11-13H2. The molecule has 0 spiro atoms. The van der Waals surface area contributed by atoms with Gasteiger partial charge in [-0.15, -0.1) is 22.7 Å². The number of rotatable bonds is 7. The molecule has 0 aliphatic carbocycles. The molecule has 0 aromatic carbocycles. The van der Waals surface area contributed by atoms with Crippen LogP contribution >= 0.6 is 34.4 Å².